The van der Waals surface area contributed by atoms with Crippen molar-refractivity contribution in [1.29, 1.82) is 0 Å². The summed E-state index contributed by atoms with van der Waals surface area (Å²) in [4.78, 5) is 2.63. The molecule has 1 N–H and O–H groups in total. The van der Waals surface area contributed by atoms with E-state index in [1.165, 1.54) is 37.7 Å². The van der Waals surface area contributed by atoms with Crippen molar-refractivity contribution in [3.05, 3.63) is 35.1 Å². The second kappa shape index (κ2) is 8.28. The molecule has 0 unspecified atom stereocenters. The van der Waals surface area contributed by atoms with Crippen LogP contribution in [0, 0.1) is 18.7 Å². The maximum absolute atomic E-state index is 13.5. The topological polar surface area (TPSA) is 15.3 Å². The van der Waals surface area contributed by atoms with Gasteiger partial charge >= 0.3 is 0 Å². The van der Waals surface area contributed by atoms with E-state index < -0.39 is 0 Å². The lowest BCUT2D eigenvalue weighted by Crippen LogP contribution is -2.47. The van der Waals surface area contributed by atoms with Gasteiger partial charge in [0.25, 0.3) is 0 Å². The van der Waals surface area contributed by atoms with E-state index in [0.717, 1.165) is 37.7 Å². The lowest BCUT2D eigenvalue weighted by atomic mass is 9.79. The highest BCUT2D eigenvalue weighted by Gasteiger charge is 2.31. The van der Waals surface area contributed by atoms with E-state index in [-0.39, 0.29) is 18.2 Å². The largest absolute Gasteiger partial charge is 0.314 e. The first-order chi connectivity index (χ1) is 10.3. The Balaban J connectivity index is 0.00000176. The van der Waals surface area contributed by atoms with Crippen LogP contribution in [0.2, 0.25) is 0 Å². The fraction of sp³-hybridized carbons (Fsp3) is 0.667. The Labute approximate surface area is 139 Å². The number of nitrogens with zero attached hydrogens (tertiary/aromatic N) is 1. The van der Waals surface area contributed by atoms with Gasteiger partial charge < -0.3 is 5.32 Å². The van der Waals surface area contributed by atoms with Gasteiger partial charge in [0.05, 0.1) is 0 Å². The van der Waals surface area contributed by atoms with Crippen molar-refractivity contribution in [2.45, 2.75) is 45.1 Å². The molecule has 1 heterocycles. The molecular formula is C18H28ClFN2. The number of benzene rings is 1. The molecule has 22 heavy (non-hydrogen) atoms. The zero-order valence-corrected chi connectivity index (χ0v) is 14.3. The van der Waals surface area contributed by atoms with E-state index in [4.69, 9.17) is 0 Å². The van der Waals surface area contributed by atoms with Gasteiger partial charge in [-0.15, -0.1) is 12.4 Å². The third-order valence-electron chi connectivity index (χ3n) is 5.19. The molecule has 2 aliphatic rings. The van der Waals surface area contributed by atoms with Crippen molar-refractivity contribution < 1.29 is 4.39 Å². The second-order valence-corrected chi connectivity index (χ2v) is 6.63. The van der Waals surface area contributed by atoms with Gasteiger partial charge in [-0.3, -0.25) is 4.90 Å². The molecule has 4 heteroatoms. The smallest absolute Gasteiger partial charge is 0.123 e. The summed E-state index contributed by atoms with van der Waals surface area (Å²) in [6.07, 6.45) is 6.74. The first-order valence-electron chi connectivity index (χ1n) is 8.46. The molecule has 1 aliphatic heterocycles. The van der Waals surface area contributed by atoms with E-state index in [2.05, 4.69) is 17.1 Å². The van der Waals surface area contributed by atoms with E-state index >= 15 is 0 Å². The standard InChI is InChI=1S/C18H27FN2.ClH/c1-14-13-16(19)7-8-17(14)18(15-5-3-2-4-6-15)21-11-9-20-10-12-21;/h7-8,13,15,18,20H,2-6,9-12H2,1H3;1H/t18-;/m0./s1. The summed E-state index contributed by atoms with van der Waals surface area (Å²) in [6, 6.07) is 5.85. The summed E-state index contributed by atoms with van der Waals surface area (Å²) in [5, 5.41) is 3.45. The summed E-state index contributed by atoms with van der Waals surface area (Å²) in [5.74, 6) is 0.625. The number of aryl methyl sites for hydroxylation is 1. The first kappa shape index (κ1) is 17.7. The van der Waals surface area contributed by atoms with Crippen molar-refractivity contribution in [3.63, 3.8) is 0 Å². The predicted molar refractivity (Wildman–Crippen MR) is 92.1 cm³/mol. The molecule has 0 radical (unpaired) electrons. The molecule has 0 aromatic heterocycles. The molecule has 0 amide bonds. The average Bonchev–Trinajstić information content (AvgIpc) is 2.52. The van der Waals surface area contributed by atoms with Crippen LogP contribution in [-0.4, -0.2) is 31.1 Å². The van der Waals surface area contributed by atoms with E-state index in [1.54, 1.807) is 12.1 Å². The Kier molecular flexibility index (Phi) is 6.66. The quantitative estimate of drug-likeness (QED) is 0.900. The molecule has 1 aromatic carbocycles. The Morgan fingerprint density at radius 2 is 1.82 bits per heavy atom. The third-order valence-corrected chi connectivity index (χ3v) is 5.19. The van der Waals surface area contributed by atoms with Gasteiger partial charge in [0, 0.05) is 32.2 Å². The predicted octanol–water partition coefficient (Wildman–Crippen LogP) is 4.08. The minimum absolute atomic E-state index is 0. The number of hydrogen-bond acceptors (Lipinski definition) is 2. The average molecular weight is 327 g/mol. The molecule has 124 valence electrons. The molecular weight excluding hydrogens is 299 g/mol. The summed E-state index contributed by atoms with van der Waals surface area (Å²) in [6.45, 7) is 6.43. The maximum atomic E-state index is 13.5. The van der Waals surface area contributed by atoms with E-state index in [1.807, 2.05) is 6.07 Å². The SMILES string of the molecule is Cc1cc(F)ccc1[C@H](C1CCCCC1)N1CCNCC1.Cl. The molecule has 2 nitrogen and oxygen atoms in total. The van der Waals surface area contributed by atoms with Crippen LogP contribution in [0.25, 0.3) is 0 Å². The maximum Gasteiger partial charge on any atom is 0.123 e. The highest BCUT2D eigenvalue weighted by Crippen LogP contribution is 2.39. The van der Waals surface area contributed by atoms with Crippen LogP contribution < -0.4 is 5.32 Å². The molecule has 0 spiro atoms. The Hall–Kier alpha value is -0.640. The van der Waals surface area contributed by atoms with Crippen molar-refractivity contribution in [2.75, 3.05) is 26.2 Å². The van der Waals surface area contributed by atoms with Gasteiger partial charge in [-0.1, -0.05) is 25.3 Å². The fourth-order valence-electron chi connectivity index (χ4n) is 4.13. The Morgan fingerprint density at radius 3 is 2.45 bits per heavy atom. The Bertz CT molecular complexity index is 450. The molecule has 3 rings (SSSR count). The van der Waals surface area contributed by atoms with Gasteiger partial charge in [-0.25, -0.2) is 4.39 Å². The van der Waals surface area contributed by atoms with E-state index in [9.17, 15) is 4.39 Å². The van der Waals surface area contributed by atoms with Crippen LogP contribution in [0.3, 0.4) is 0 Å². The molecule has 1 aliphatic carbocycles. The van der Waals surface area contributed by atoms with Crippen molar-refractivity contribution in [2.24, 2.45) is 5.92 Å². The summed E-state index contributed by atoms with van der Waals surface area (Å²) in [7, 11) is 0. The summed E-state index contributed by atoms with van der Waals surface area (Å²) >= 11 is 0. The Morgan fingerprint density at radius 1 is 1.14 bits per heavy atom. The molecule has 1 saturated carbocycles. The molecule has 1 aromatic rings. The second-order valence-electron chi connectivity index (χ2n) is 6.63. The van der Waals surface area contributed by atoms with Gasteiger partial charge in [-0.2, -0.15) is 0 Å². The van der Waals surface area contributed by atoms with Crippen LogP contribution >= 0.6 is 12.4 Å². The number of hydrogen-bond donors (Lipinski definition) is 1. The van der Waals surface area contributed by atoms with Crippen LogP contribution in [0.15, 0.2) is 18.2 Å². The van der Waals surface area contributed by atoms with Crippen molar-refractivity contribution >= 4 is 12.4 Å². The fourth-order valence-corrected chi connectivity index (χ4v) is 4.13. The first-order valence-corrected chi connectivity index (χ1v) is 8.46. The number of rotatable bonds is 3. The monoisotopic (exact) mass is 326 g/mol. The molecule has 1 saturated heterocycles. The van der Waals surface area contributed by atoms with Gasteiger partial charge in [0.2, 0.25) is 0 Å². The van der Waals surface area contributed by atoms with Crippen LogP contribution in [-0.2, 0) is 0 Å². The lowest BCUT2D eigenvalue weighted by Gasteiger charge is -2.41. The van der Waals surface area contributed by atoms with Crippen molar-refractivity contribution in [1.82, 2.24) is 10.2 Å². The zero-order valence-electron chi connectivity index (χ0n) is 13.5. The minimum Gasteiger partial charge on any atom is -0.314 e. The summed E-state index contributed by atoms with van der Waals surface area (Å²) in [5.41, 5.74) is 2.47. The number of halogens is 2. The van der Waals surface area contributed by atoms with Crippen LogP contribution in [0.5, 0.6) is 0 Å². The van der Waals surface area contributed by atoms with E-state index in [0.29, 0.717) is 6.04 Å². The normalized spacial score (nSPS) is 22.1. The van der Waals surface area contributed by atoms with Crippen molar-refractivity contribution in [3.8, 4) is 0 Å². The molecule has 1 atom stereocenters. The highest BCUT2D eigenvalue weighted by molar-refractivity contribution is 5.85. The van der Waals surface area contributed by atoms with Gasteiger partial charge in [0.15, 0.2) is 0 Å². The lowest BCUT2D eigenvalue weighted by molar-refractivity contribution is 0.103. The third kappa shape index (κ3) is 4.01. The molecule has 0 bridgehead atoms. The van der Waals surface area contributed by atoms with Crippen LogP contribution in [0.4, 0.5) is 4.39 Å². The minimum atomic E-state index is -0.112. The van der Waals surface area contributed by atoms with Gasteiger partial charge in [0.1, 0.15) is 5.82 Å². The summed E-state index contributed by atoms with van der Waals surface area (Å²) < 4.78 is 13.5. The molecule has 2 fully saturated rings. The van der Waals surface area contributed by atoms with Gasteiger partial charge in [-0.05, 0) is 48.9 Å². The number of piperazine rings is 1. The highest BCUT2D eigenvalue weighted by atomic mass is 35.5. The van der Waals surface area contributed by atoms with Crippen LogP contribution in [0.1, 0.15) is 49.3 Å². The zero-order chi connectivity index (χ0) is 14.7. The number of nitrogens with one attached hydrogen (secondary N) is 1.